The number of carbonyl (C=O) groups is 1. The lowest BCUT2D eigenvalue weighted by atomic mass is 10.1. The summed E-state index contributed by atoms with van der Waals surface area (Å²) in [6, 6.07) is 15.1. The molecule has 8 heteroatoms. The Kier molecular flexibility index (Phi) is 4.21. The van der Waals surface area contributed by atoms with Crippen LogP contribution >= 0.6 is 0 Å². The predicted molar refractivity (Wildman–Crippen MR) is 95.5 cm³/mol. The summed E-state index contributed by atoms with van der Waals surface area (Å²) in [6.07, 6.45) is 5.26. The molecule has 8 nitrogen and oxygen atoms in total. The van der Waals surface area contributed by atoms with Crippen molar-refractivity contribution in [3.8, 4) is 17.1 Å². The van der Waals surface area contributed by atoms with Gasteiger partial charge in [-0.2, -0.15) is 0 Å². The van der Waals surface area contributed by atoms with Crippen LogP contribution in [0.2, 0.25) is 0 Å². The van der Waals surface area contributed by atoms with Gasteiger partial charge in [-0.15, -0.1) is 5.10 Å². The second-order valence-electron chi connectivity index (χ2n) is 5.66. The number of nitrogens with one attached hydrogen (secondary N) is 2. The number of aromatic nitrogens is 6. The van der Waals surface area contributed by atoms with Crippen LogP contribution in [0.5, 0.6) is 0 Å². The first-order valence-electron chi connectivity index (χ1n) is 8.00. The maximum atomic E-state index is 12.3. The highest BCUT2D eigenvalue weighted by atomic mass is 16.1. The van der Waals surface area contributed by atoms with Gasteiger partial charge in [0.1, 0.15) is 12.2 Å². The minimum Gasteiger partial charge on any atom is -0.345 e. The highest BCUT2D eigenvalue weighted by Crippen LogP contribution is 2.19. The molecule has 0 aliphatic carbocycles. The van der Waals surface area contributed by atoms with Crippen molar-refractivity contribution in [3.63, 3.8) is 0 Å². The third-order valence-electron chi connectivity index (χ3n) is 3.83. The molecule has 0 atom stereocenters. The van der Waals surface area contributed by atoms with E-state index in [0.717, 1.165) is 28.3 Å². The molecule has 2 heterocycles. The van der Waals surface area contributed by atoms with Crippen LogP contribution in [-0.2, 0) is 11.2 Å². The molecule has 0 unspecified atom stereocenters. The van der Waals surface area contributed by atoms with Crippen LogP contribution in [0, 0.1) is 0 Å². The standard InChI is InChI=1S/C18H15N7O/c26-17(10-13-4-6-16(7-5-13)25-12-21-23-24-25)22-15-3-1-2-14(11-15)18-19-8-9-20-18/h1-9,11-12H,10H2,(H,19,20)(H,22,26). The average Bonchev–Trinajstić information content (AvgIpc) is 3.37. The zero-order chi connectivity index (χ0) is 17.8. The van der Waals surface area contributed by atoms with Crippen molar-refractivity contribution >= 4 is 11.6 Å². The molecule has 0 fully saturated rings. The van der Waals surface area contributed by atoms with E-state index in [-0.39, 0.29) is 12.3 Å². The van der Waals surface area contributed by atoms with E-state index in [0.29, 0.717) is 0 Å². The Balaban J connectivity index is 1.42. The molecule has 4 aromatic rings. The summed E-state index contributed by atoms with van der Waals surface area (Å²) in [6.45, 7) is 0. The van der Waals surface area contributed by atoms with Gasteiger partial charge in [0.2, 0.25) is 5.91 Å². The Hall–Kier alpha value is -3.81. The number of amides is 1. The average molecular weight is 345 g/mol. The number of anilines is 1. The Morgan fingerprint density at radius 3 is 2.77 bits per heavy atom. The molecule has 0 bridgehead atoms. The largest absolute Gasteiger partial charge is 0.345 e. The lowest BCUT2D eigenvalue weighted by Crippen LogP contribution is -2.14. The molecule has 128 valence electrons. The van der Waals surface area contributed by atoms with Gasteiger partial charge in [-0.1, -0.05) is 24.3 Å². The smallest absolute Gasteiger partial charge is 0.228 e. The number of carbonyl (C=O) groups excluding carboxylic acids is 1. The van der Waals surface area contributed by atoms with Gasteiger partial charge in [-0.25, -0.2) is 9.67 Å². The minimum absolute atomic E-state index is 0.0863. The number of tetrazole rings is 1. The van der Waals surface area contributed by atoms with Gasteiger partial charge in [0.25, 0.3) is 0 Å². The fourth-order valence-electron chi connectivity index (χ4n) is 2.60. The molecular formula is C18H15N7O. The van der Waals surface area contributed by atoms with Crippen molar-refractivity contribution in [2.24, 2.45) is 0 Å². The highest BCUT2D eigenvalue weighted by molar-refractivity contribution is 5.92. The summed E-state index contributed by atoms with van der Waals surface area (Å²) in [5.74, 6) is 0.677. The van der Waals surface area contributed by atoms with E-state index in [4.69, 9.17) is 0 Å². The number of hydrogen-bond acceptors (Lipinski definition) is 5. The highest BCUT2D eigenvalue weighted by Gasteiger charge is 2.07. The molecule has 0 spiro atoms. The van der Waals surface area contributed by atoms with Gasteiger partial charge in [0.05, 0.1) is 12.1 Å². The summed E-state index contributed by atoms with van der Waals surface area (Å²) in [7, 11) is 0. The van der Waals surface area contributed by atoms with E-state index in [1.165, 1.54) is 6.33 Å². The third kappa shape index (κ3) is 3.48. The van der Waals surface area contributed by atoms with Crippen molar-refractivity contribution in [1.82, 2.24) is 30.2 Å². The Bertz CT molecular complexity index is 992. The van der Waals surface area contributed by atoms with Crippen molar-refractivity contribution in [3.05, 3.63) is 72.8 Å². The summed E-state index contributed by atoms with van der Waals surface area (Å²) >= 11 is 0. The van der Waals surface area contributed by atoms with E-state index in [1.807, 2.05) is 48.5 Å². The van der Waals surface area contributed by atoms with Gasteiger partial charge < -0.3 is 10.3 Å². The normalized spacial score (nSPS) is 10.6. The Morgan fingerprint density at radius 2 is 2.04 bits per heavy atom. The van der Waals surface area contributed by atoms with E-state index in [2.05, 4.69) is 30.8 Å². The molecule has 26 heavy (non-hydrogen) atoms. The van der Waals surface area contributed by atoms with Gasteiger partial charge >= 0.3 is 0 Å². The fraction of sp³-hybridized carbons (Fsp3) is 0.0556. The first-order chi connectivity index (χ1) is 12.8. The lowest BCUT2D eigenvalue weighted by Gasteiger charge is -2.07. The van der Waals surface area contributed by atoms with Crippen LogP contribution in [0.3, 0.4) is 0 Å². The molecule has 0 radical (unpaired) electrons. The van der Waals surface area contributed by atoms with Crippen LogP contribution in [0.4, 0.5) is 5.69 Å². The van der Waals surface area contributed by atoms with E-state index in [1.54, 1.807) is 17.1 Å². The van der Waals surface area contributed by atoms with Crippen molar-refractivity contribution in [2.75, 3.05) is 5.32 Å². The van der Waals surface area contributed by atoms with Crippen molar-refractivity contribution in [2.45, 2.75) is 6.42 Å². The van der Waals surface area contributed by atoms with Gasteiger partial charge in [-0.3, -0.25) is 4.79 Å². The zero-order valence-corrected chi connectivity index (χ0v) is 13.7. The second-order valence-corrected chi connectivity index (χ2v) is 5.66. The molecule has 4 rings (SSSR count). The topological polar surface area (TPSA) is 101 Å². The summed E-state index contributed by atoms with van der Waals surface area (Å²) < 4.78 is 1.56. The monoisotopic (exact) mass is 345 g/mol. The van der Waals surface area contributed by atoms with E-state index in [9.17, 15) is 4.79 Å². The number of hydrogen-bond donors (Lipinski definition) is 2. The second kappa shape index (κ2) is 6.98. The van der Waals surface area contributed by atoms with Crippen LogP contribution in [0.25, 0.3) is 17.1 Å². The third-order valence-corrected chi connectivity index (χ3v) is 3.83. The molecular weight excluding hydrogens is 330 g/mol. The number of nitrogens with zero attached hydrogens (tertiary/aromatic N) is 5. The molecule has 2 aromatic carbocycles. The zero-order valence-electron chi connectivity index (χ0n) is 13.7. The van der Waals surface area contributed by atoms with Gasteiger partial charge in [-0.05, 0) is 40.3 Å². The first kappa shape index (κ1) is 15.7. The number of benzene rings is 2. The SMILES string of the molecule is O=C(Cc1ccc(-n2cnnn2)cc1)Nc1cccc(-c2ncc[nH]2)c1. The molecule has 0 saturated heterocycles. The molecule has 0 aliphatic rings. The summed E-state index contributed by atoms with van der Waals surface area (Å²) in [5, 5.41) is 14.0. The van der Waals surface area contributed by atoms with E-state index < -0.39 is 0 Å². The predicted octanol–water partition coefficient (Wildman–Crippen LogP) is 2.23. The van der Waals surface area contributed by atoms with Crippen LogP contribution in [-0.4, -0.2) is 36.1 Å². The molecule has 2 aromatic heterocycles. The van der Waals surface area contributed by atoms with Crippen molar-refractivity contribution < 1.29 is 4.79 Å². The molecule has 2 N–H and O–H groups in total. The fourth-order valence-corrected chi connectivity index (χ4v) is 2.60. The molecule has 0 aliphatic heterocycles. The minimum atomic E-state index is -0.0863. The van der Waals surface area contributed by atoms with Crippen LogP contribution < -0.4 is 5.32 Å². The maximum Gasteiger partial charge on any atom is 0.228 e. The number of imidazole rings is 1. The Morgan fingerprint density at radius 1 is 1.15 bits per heavy atom. The van der Waals surface area contributed by atoms with Crippen LogP contribution in [0.1, 0.15) is 5.56 Å². The Labute approximate surface area is 148 Å². The number of H-pyrrole nitrogens is 1. The van der Waals surface area contributed by atoms with E-state index >= 15 is 0 Å². The van der Waals surface area contributed by atoms with Gasteiger partial charge in [0.15, 0.2) is 0 Å². The maximum absolute atomic E-state index is 12.3. The quantitative estimate of drug-likeness (QED) is 0.577. The van der Waals surface area contributed by atoms with Gasteiger partial charge in [0, 0.05) is 23.6 Å². The summed E-state index contributed by atoms with van der Waals surface area (Å²) in [5.41, 5.74) is 3.39. The first-order valence-corrected chi connectivity index (χ1v) is 8.00. The van der Waals surface area contributed by atoms with Crippen molar-refractivity contribution in [1.29, 1.82) is 0 Å². The summed E-state index contributed by atoms with van der Waals surface area (Å²) in [4.78, 5) is 19.6. The number of aromatic amines is 1. The molecule has 1 amide bonds. The lowest BCUT2D eigenvalue weighted by molar-refractivity contribution is -0.115. The van der Waals surface area contributed by atoms with Crippen LogP contribution in [0.15, 0.2) is 67.3 Å². The molecule has 0 saturated carbocycles. The number of rotatable bonds is 5.